The molecule has 0 aliphatic heterocycles. The van der Waals surface area contributed by atoms with Crippen LogP contribution in [0.3, 0.4) is 0 Å². The normalized spacial score (nSPS) is 10.5. The first-order chi connectivity index (χ1) is 14.5. The third kappa shape index (κ3) is 5.55. The predicted molar refractivity (Wildman–Crippen MR) is 119 cm³/mol. The number of esters is 1. The molecule has 7 heteroatoms. The highest BCUT2D eigenvalue weighted by Gasteiger charge is 2.20. The third-order valence-electron chi connectivity index (χ3n) is 4.28. The number of carbonyl (C=O) groups excluding carboxylic acids is 3. The van der Waals surface area contributed by atoms with E-state index in [9.17, 15) is 14.4 Å². The quantitative estimate of drug-likeness (QED) is 0.351. The molecule has 1 amide bonds. The number of ketones is 1. The Bertz CT molecular complexity index is 1040. The van der Waals surface area contributed by atoms with Crippen LogP contribution in [0.5, 0.6) is 0 Å². The molecule has 5 nitrogen and oxygen atoms in total. The topological polar surface area (TPSA) is 72.5 Å². The van der Waals surface area contributed by atoms with E-state index in [0.29, 0.717) is 21.2 Å². The van der Waals surface area contributed by atoms with Gasteiger partial charge >= 0.3 is 5.97 Å². The minimum atomic E-state index is -0.497. The minimum absolute atomic E-state index is 0.00228. The fourth-order valence-corrected chi connectivity index (χ4v) is 3.98. The monoisotopic (exact) mass is 441 g/mol. The molecule has 0 aliphatic carbocycles. The van der Waals surface area contributed by atoms with Crippen LogP contribution < -0.4 is 5.32 Å². The molecule has 0 unspecified atom stereocenters. The van der Waals surface area contributed by atoms with E-state index >= 15 is 0 Å². The zero-order valence-corrected chi connectivity index (χ0v) is 17.9. The summed E-state index contributed by atoms with van der Waals surface area (Å²) in [7, 11) is 0. The number of benzene rings is 2. The first-order valence-electron chi connectivity index (χ1n) is 9.43. The molecule has 154 valence electrons. The maximum absolute atomic E-state index is 12.5. The molecule has 2 aromatic carbocycles. The van der Waals surface area contributed by atoms with Crippen LogP contribution in [0.15, 0.2) is 60.7 Å². The lowest BCUT2D eigenvalue weighted by molar-refractivity contribution is -0.116. The second-order valence-corrected chi connectivity index (χ2v) is 7.91. The Balaban J connectivity index is 1.71. The van der Waals surface area contributed by atoms with Crippen molar-refractivity contribution in [3.63, 3.8) is 0 Å². The van der Waals surface area contributed by atoms with Gasteiger partial charge < -0.3 is 10.1 Å². The average molecular weight is 442 g/mol. The van der Waals surface area contributed by atoms with Crippen molar-refractivity contribution in [2.75, 3.05) is 11.9 Å². The molecule has 0 saturated heterocycles. The van der Waals surface area contributed by atoms with Crippen molar-refractivity contribution in [1.82, 2.24) is 0 Å². The molecule has 0 bridgehead atoms. The number of halogens is 1. The Morgan fingerprint density at radius 2 is 1.70 bits per heavy atom. The van der Waals surface area contributed by atoms with E-state index in [1.54, 1.807) is 37.3 Å². The van der Waals surface area contributed by atoms with Crippen molar-refractivity contribution in [1.29, 1.82) is 0 Å². The fraction of sp³-hybridized carbons (Fsp3) is 0.174. The van der Waals surface area contributed by atoms with Gasteiger partial charge in [0.15, 0.2) is 5.78 Å². The number of amides is 1. The van der Waals surface area contributed by atoms with Gasteiger partial charge in [0, 0.05) is 28.3 Å². The van der Waals surface area contributed by atoms with E-state index in [1.807, 2.05) is 30.3 Å². The molecule has 1 aromatic heterocycles. The van der Waals surface area contributed by atoms with Crippen molar-refractivity contribution < 1.29 is 19.1 Å². The summed E-state index contributed by atoms with van der Waals surface area (Å²) in [5, 5.41) is 3.72. The molecule has 0 saturated carbocycles. The van der Waals surface area contributed by atoms with Crippen molar-refractivity contribution in [3.8, 4) is 10.4 Å². The fourth-order valence-electron chi connectivity index (χ4n) is 2.79. The number of rotatable bonds is 8. The zero-order chi connectivity index (χ0) is 21.5. The summed E-state index contributed by atoms with van der Waals surface area (Å²) in [6.07, 6.45) is 0.0570. The number of thiophene rings is 1. The highest BCUT2D eigenvalue weighted by Crippen LogP contribution is 2.36. The molecule has 0 fully saturated rings. The lowest BCUT2D eigenvalue weighted by Crippen LogP contribution is -2.15. The van der Waals surface area contributed by atoms with Gasteiger partial charge in [-0.1, -0.05) is 41.9 Å². The van der Waals surface area contributed by atoms with E-state index in [-0.39, 0.29) is 31.1 Å². The Hall–Kier alpha value is -2.96. The standard InChI is InChI=1S/C23H20ClNO4S/c1-2-29-23(28)18-14-20(16-6-4-3-5-7-16)30-22(18)25-21(27)13-12-19(26)15-8-10-17(24)11-9-15/h3-11,14H,2,12-13H2,1H3,(H,25,27). The van der Waals surface area contributed by atoms with Crippen molar-refractivity contribution in [3.05, 3.63) is 76.8 Å². The SMILES string of the molecule is CCOC(=O)c1cc(-c2ccccc2)sc1NC(=O)CCC(=O)c1ccc(Cl)cc1. The summed E-state index contributed by atoms with van der Waals surface area (Å²) in [4.78, 5) is 37.9. The van der Waals surface area contributed by atoms with Crippen molar-refractivity contribution in [2.24, 2.45) is 0 Å². The maximum atomic E-state index is 12.5. The largest absolute Gasteiger partial charge is 0.462 e. The van der Waals surface area contributed by atoms with Crippen LogP contribution in [0.4, 0.5) is 5.00 Å². The first-order valence-corrected chi connectivity index (χ1v) is 10.6. The molecular formula is C23H20ClNO4S. The highest BCUT2D eigenvalue weighted by molar-refractivity contribution is 7.20. The number of ether oxygens (including phenoxy) is 1. The van der Waals surface area contributed by atoms with E-state index in [2.05, 4.69) is 5.32 Å². The Morgan fingerprint density at radius 3 is 2.37 bits per heavy atom. The van der Waals surface area contributed by atoms with Crippen molar-refractivity contribution >= 4 is 45.6 Å². The summed E-state index contributed by atoms with van der Waals surface area (Å²) in [6.45, 7) is 1.96. The van der Waals surface area contributed by atoms with Crippen LogP contribution in [0.25, 0.3) is 10.4 Å². The van der Waals surface area contributed by atoms with Crippen LogP contribution in [0.2, 0.25) is 5.02 Å². The van der Waals surface area contributed by atoms with E-state index in [1.165, 1.54) is 11.3 Å². The number of anilines is 1. The summed E-state index contributed by atoms with van der Waals surface area (Å²) < 4.78 is 5.12. The van der Waals surface area contributed by atoms with E-state index in [0.717, 1.165) is 10.4 Å². The van der Waals surface area contributed by atoms with Crippen LogP contribution in [-0.2, 0) is 9.53 Å². The minimum Gasteiger partial charge on any atom is -0.462 e. The molecule has 0 atom stereocenters. The van der Waals surface area contributed by atoms with E-state index < -0.39 is 5.97 Å². The summed E-state index contributed by atoms with van der Waals surface area (Å²) >= 11 is 7.13. The third-order valence-corrected chi connectivity index (χ3v) is 5.64. The zero-order valence-electron chi connectivity index (χ0n) is 16.3. The van der Waals surface area contributed by atoms with Gasteiger partial charge in [0.2, 0.25) is 5.91 Å². The van der Waals surface area contributed by atoms with Gasteiger partial charge in [0.25, 0.3) is 0 Å². The van der Waals surface area contributed by atoms with Gasteiger partial charge in [-0.3, -0.25) is 9.59 Å². The Labute approximate surface area is 183 Å². The lowest BCUT2D eigenvalue weighted by Gasteiger charge is -2.06. The number of nitrogens with one attached hydrogen (secondary N) is 1. The average Bonchev–Trinajstić information content (AvgIpc) is 3.17. The van der Waals surface area contributed by atoms with Crippen LogP contribution in [0, 0.1) is 0 Å². The van der Waals surface area contributed by atoms with Gasteiger partial charge in [-0.2, -0.15) is 0 Å². The van der Waals surface area contributed by atoms with Crippen molar-refractivity contribution in [2.45, 2.75) is 19.8 Å². The molecular weight excluding hydrogens is 422 g/mol. The second-order valence-electron chi connectivity index (χ2n) is 6.42. The van der Waals surface area contributed by atoms with Gasteiger partial charge in [-0.05, 0) is 42.8 Å². The lowest BCUT2D eigenvalue weighted by atomic mass is 10.1. The van der Waals surface area contributed by atoms with Crippen LogP contribution in [-0.4, -0.2) is 24.3 Å². The first kappa shape index (κ1) is 21.7. The number of hydrogen-bond acceptors (Lipinski definition) is 5. The molecule has 0 spiro atoms. The molecule has 0 radical (unpaired) electrons. The van der Waals surface area contributed by atoms with Gasteiger partial charge in [0.05, 0.1) is 12.2 Å². The summed E-state index contributed by atoms with van der Waals surface area (Å²) in [5.41, 5.74) is 1.74. The number of Topliss-reactive ketones (excluding diaryl/α,β-unsaturated/α-hetero) is 1. The summed E-state index contributed by atoms with van der Waals surface area (Å²) in [5.74, 6) is -0.989. The smallest absolute Gasteiger partial charge is 0.341 e. The molecule has 30 heavy (non-hydrogen) atoms. The molecule has 3 rings (SSSR count). The maximum Gasteiger partial charge on any atom is 0.341 e. The molecule has 0 aliphatic rings. The highest BCUT2D eigenvalue weighted by atomic mass is 35.5. The van der Waals surface area contributed by atoms with E-state index in [4.69, 9.17) is 16.3 Å². The Kier molecular flexibility index (Phi) is 7.38. The number of carbonyl (C=O) groups is 3. The van der Waals surface area contributed by atoms with Crippen LogP contribution in [0.1, 0.15) is 40.5 Å². The number of hydrogen-bond donors (Lipinski definition) is 1. The van der Waals surface area contributed by atoms with Crippen LogP contribution >= 0.6 is 22.9 Å². The second kappa shape index (κ2) is 10.2. The molecule has 3 aromatic rings. The van der Waals surface area contributed by atoms with Gasteiger partial charge in [-0.25, -0.2) is 4.79 Å². The predicted octanol–water partition coefficient (Wildman–Crippen LogP) is 5.85. The summed E-state index contributed by atoms with van der Waals surface area (Å²) in [6, 6.07) is 17.8. The van der Waals surface area contributed by atoms with Gasteiger partial charge in [-0.15, -0.1) is 11.3 Å². The Morgan fingerprint density at radius 1 is 1.00 bits per heavy atom. The molecule has 1 heterocycles. The molecule has 1 N–H and O–H groups in total. The van der Waals surface area contributed by atoms with Gasteiger partial charge in [0.1, 0.15) is 5.00 Å².